The van der Waals surface area contributed by atoms with Crippen molar-refractivity contribution in [2.45, 2.75) is 26.7 Å². The molecule has 0 amide bonds. The van der Waals surface area contributed by atoms with Gasteiger partial charge in [-0.15, -0.1) is 0 Å². The summed E-state index contributed by atoms with van der Waals surface area (Å²) in [4.78, 5) is 10.5. The molecule has 0 aliphatic heterocycles. The molecule has 1 heterocycles. The Bertz CT molecular complexity index is 248. The molecule has 0 radical (unpaired) electrons. The van der Waals surface area contributed by atoms with Gasteiger partial charge in [0, 0.05) is 12.0 Å². The molecule has 0 N–H and O–H groups in total. The molecule has 0 aliphatic carbocycles. The van der Waals surface area contributed by atoms with E-state index in [0.29, 0.717) is 5.56 Å². The van der Waals surface area contributed by atoms with E-state index in [2.05, 4.69) is 0 Å². The Labute approximate surface area is 66.2 Å². The van der Waals surface area contributed by atoms with Gasteiger partial charge in [0.2, 0.25) is 0 Å². The minimum Gasteiger partial charge on any atom is -0.468 e. The minimum atomic E-state index is 0.698. The first-order valence-electron chi connectivity index (χ1n) is 3.87. The quantitative estimate of drug-likeness (QED) is 0.621. The van der Waals surface area contributed by atoms with Crippen LogP contribution in [0.1, 0.15) is 35.5 Å². The maximum Gasteiger partial charge on any atom is 0.153 e. The van der Waals surface area contributed by atoms with Crippen molar-refractivity contribution in [3.8, 4) is 0 Å². The van der Waals surface area contributed by atoms with Gasteiger partial charge in [-0.05, 0) is 6.42 Å². The third-order valence-corrected chi connectivity index (χ3v) is 1.81. The van der Waals surface area contributed by atoms with Crippen LogP contribution in [0.4, 0.5) is 0 Å². The van der Waals surface area contributed by atoms with E-state index in [4.69, 9.17) is 4.42 Å². The molecule has 60 valence electrons. The highest BCUT2D eigenvalue weighted by atomic mass is 16.3. The third kappa shape index (κ3) is 1.34. The fraction of sp³-hybridized carbons (Fsp3) is 0.444. The van der Waals surface area contributed by atoms with E-state index in [1.165, 1.54) is 6.26 Å². The first-order valence-corrected chi connectivity index (χ1v) is 3.87. The normalized spacial score (nSPS) is 10.0. The van der Waals surface area contributed by atoms with Gasteiger partial charge in [0.25, 0.3) is 0 Å². The molecule has 0 unspecified atom stereocenters. The smallest absolute Gasteiger partial charge is 0.153 e. The predicted octanol–water partition coefficient (Wildman–Crippen LogP) is 2.22. The Morgan fingerprint density at radius 2 is 2.18 bits per heavy atom. The standard InChI is InChI=1S/C9H12O2/c1-3-8-7(5-10)6-11-9(8)4-2/h5-6H,3-4H2,1-2H3. The summed E-state index contributed by atoms with van der Waals surface area (Å²) in [6, 6.07) is 0. The maximum absolute atomic E-state index is 10.5. The zero-order chi connectivity index (χ0) is 8.27. The van der Waals surface area contributed by atoms with E-state index in [0.717, 1.165) is 30.5 Å². The van der Waals surface area contributed by atoms with Crippen molar-refractivity contribution in [1.29, 1.82) is 0 Å². The predicted molar refractivity (Wildman–Crippen MR) is 42.9 cm³/mol. The molecule has 0 saturated carbocycles. The molecule has 2 heteroatoms. The highest BCUT2D eigenvalue weighted by molar-refractivity contribution is 5.77. The number of hydrogen-bond acceptors (Lipinski definition) is 2. The summed E-state index contributed by atoms with van der Waals surface area (Å²) in [5, 5.41) is 0. The number of carbonyl (C=O) groups is 1. The summed E-state index contributed by atoms with van der Waals surface area (Å²) in [6.45, 7) is 4.05. The summed E-state index contributed by atoms with van der Waals surface area (Å²) in [7, 11) is 0. The maximum atomic E-state index is 10.5. The van der Waals surface area contributed by atoms with Gasteiger partial charge in [-0.1, -0.05) is 13.8 Å². The van der Waals surface area contributed by atoms with Gasteiger partial charge in [-0.2, -0.15) is 0 Å². The lowest BCUT2D eigenvalue weighted by Gasteiger charge is -1.94. The zero-order valence-electron chi connectivity index (χ0n) is 6.89. The Morgan fingerprint density at radius 1 is 1.45 bits per heavy atom. The van der Waals surface area contributed by atoms with Gasteiger partial charge >= 0.3 is 0 Å². The number of hydrogen-bond donors (Lipinski definition) is 0. The lowest BCUT2D eigenvalue weighted by molar-refractivity contribution is 0.112. The molecule has 0 aromatic carbocycles. The number of carbonyl (C=O) groups excluding carboxylic acids is 1. The van der Waals surface area contributed by atoms with Crippen molar-refractivity contribution in [2.24, 2.45) is 0 Å². The first-order chi connectivity index (χ1) is 5.33. The van der Waals surface area contributed by atoms with E-state index in [1.54, 1.807) is 0 Å². The van der Waals surface area contributed by atoms with Crippen LogP contribution in [0.5, 0.6) is 0 Å². The first kappa shape index (κ1) is 8.05. The van der Waals surface area contributed by atoms with Crippen LogP contribution in [0.3, 0.4) is 0 Å². The lowest BCUT2D eigenvalue weighted by atomic mass is 10.1. The SMILES string of the molecule is CCc1occ(C=O)c1CC. The van der Waals surface area contributed by atoms with Crippen molar-refractivity contribution >= 4 is 6.29 Å². The fourth-order valence-electron chi connectivity index (χ4n) is 1.23. The number of aldehydes is 1. The Balaban J connectivity index is 3.08. The molecule has 2 nitrogen and oxygen atoms in total. The average Bonchev–Trinajstić information content (AvgIpc) is 2.45. The minimum absolute atomic E-state index is 0.698. The topological polar surface area (TPSA) is 30.2 Å². The molecule has 0 bridgehead atoms. The van der Waals surface area contributed by atoms with Crippen molar-refractivity contribution in [3.05, 3.63) is 23.2 Å². The molecule has 1 rings (SSSR count). The second-order valence-corrected chi connectivity index (χ2v) is 2.42. The van der Waals surface area contributed by atoms with Crippen molar-refractivity contribution in [3.63, 3.8) is 0 Å². The lowest BCUT2D eigenvalue weighted by Crippen LogP contribution is -1.88. The number of rotatable bonds is 3. The van der Waals surface area contributed by atoms with Crippen molar-refractivity contribution in [2.75, 3.05) is 0 Å². The van der Waals surface area contributed by atoms with Crippen LogP contribution < -0.4 is 0 Å². The Morgan fingerprint density at radius 3 is 2.64 bits per heavy atom. The van der Waals surface area contributed by atoms with E-state index in [9.17, 15) is 4.79 Å². The van der Waals surface area contributed by atoms with E-state index in [-0.39, 0.29) is 0 Å². The molecular weight excluding hydrogens is 140 g/mol. The highest BCUT2D eigenvalue weighted by Crippen LogP contribution is 2.16. The zero-order valence-corrected chi connectivity index (χ0v) is 6.89. The second-order valence-electron chi connectivity index (χ2n) is 2.42. The van der Waals surface area contributed by atoms with Crippen LogP contribution in [-0.4, -0.2) is 6.29 Å². The summed E-state index contributed by atoms with van der Waals surface area (Å²) in [5.74, 6) is 0.939. The van der Waals surface area contributed by atoms with Gasteiger partial charge < -0.3 is 4.42 Å². The molecule has 1 aromatic heterocycles. The van der Waals surface area contributed by atoms with Gasteiger partial charge in [0.15, 0.2) is 6.29 Å². The largest absolute Gasteiger partial charge is 0.468 e. The van der Waals surface area contributed by atoms with E-state index >= 15 is 0 Å². The van der Waals surface area contributed by atoms with Gasteiger partial charge in [0.05, 0.1) is 5.56 Å². The molecule has 0 aliphatic rings. The van der Waals surface area contributed by atoms with Crippen molar-refractivity contribution in [1.82, 2.24) is 0 Å². The molecular formula is C9H12O2. The van der Waals surface area contributed by atoms with Crippen LogP contribution in [0.15, 0.2) is 10.7 Å². The van der Waals surface area contributed by atoms with Crippen LogP contribution in [0.25, 0.3) is 0 Å². The average molecular weight is 152 g/mol. The Hall–Kier alpha value is -1.05. The summed E-state index contributed by atoms with van der Waals surface area (Å²) in [6.07, 6.45) is 4.11. The third-order valence-electron chi connectivity index (χ3n) is 1.81. The Kier molecular flexibility index (Phi) is 2.47. The molecule has 1 aromatic rings. The van der Waals surface area contributed by atoms with Gasteiger partial charge in [-0.3, -0.25) is 4.79 Å². The molecule has 0 fully saturated rings. The highest BCUT2D eigenvalue weighted by Gasteiger charge is 2.08. The summed E-state index contributed by atoms with van der Waals surface area (Å²) < 4.78 is 5.20. The van der Waals surface area contributed by atoms with Crippen LogP contribution >= 0.6 is 0 Å². The molecule has 0 atom stereocenters. The molecule has 0 spiro atoms. The molecule has 11 heavy (non-hydrogen) atoms. The molecule has 0 saturated heterocycles. The fourth-order valence-corrected chi connectivity index (χ4v) is 1.23. The second kappa shape index (κ2) is 3.37. The van der Waals surface area contributed by atoms with E-state index in [1.807, 2.05) is 13.8 Å². The number of aryl methyl sites for hydroxylation is 1. The summed E-state index contributed by atoms with van der Waals surface area (Å²) >= 11 is 0. The van der Waals surface area contributed by atoms with Gasteiger partial charge in [0.1, 0.15) is 12.0 Å². The van der Waals surface area contributed by atoms with Crippen LogP contribution in [-0.2, 0) is 12.8 Å². The van der Waals surface area contributed by atoms with Crippen LogP contribution in [0.2, 0.25) is 0 Å². The summed E-state index contributed by atoms with van der Waals surface area (Å²) in [5.41, 5.74) is 1.76. The van der Waals surface area contributed by atoms with Gasteiger partial charge in [-0.25, -0.2) is 0 Å². The number of furan rings is 1. The monoisotopic (exact) mass is 152 g/mol. The van der Waals surface area contributed by atoms with Crippen LogP contribution in [0, 0.1) is 0 Å². The van der Waals surface area contributed by atoms with Crippen molar-refractivity contribution < 1.29 is 9.21 Å². The van der Waals surface area contributed by atoms with E-state index < -0.39 is 0 Å².